The van der Waals surface area contributed by atoms with Gasteiger partial charge in [0, 0.05) is 19.0 Å². The van der Waals surface area contributed by atoms with Gasteiger partial charge in [0.1, 0.15) is 18.0 Å². The normalized spacial score (nSPS) is 22.9. The highest BCUT2D eigenvalue weighted by Gasteiger charge is 2.61. The average molecular weight is 457 g/mol. The number of benzene rings is 1. The maximum atomic E-state index is 12.8. The molecule has 0 radical (unpaired) electrons. The first-order valence-corrected chi connectivity index (χ1v) is 10.7. The standard InChI is InChI=1S/C23H31F3N2O4/c1-13-9-14(23(24,25)26)7-8-17(13)31-12-22(5,6)27-19(29)18-15-10-28(11-16(15)18)20(30)32-21(2,3)4/h7-9,15-16,18H,10-12H2,1-6H3,(H,27,29)/t15-,16?,18?/m1/s1. The van der Waals surface area contributed by atoms with E-state index in [0.717, 1.165) is 12.1 Å². The van der Waals surface area contributed by atoms with Crippen molar-refractivity contribution in [2.75, 3.05) is 19.7 Å². The number of piperidine rings is 1. The Kier molecular flexibility index (Phi) is 6.17. The predicted molar refractivity (Wildman–Crippen MR) is 112 cm³/mol. The third-order valence-electron chi connectivity index (χ3n) is 5.70. The lowest BCUT2D eigenvalue weighted by Crippen LogP contribution is -2.49. The van der Waals surface area contributed by atoms with Crippen LogP contribution in [0.25, 0.3) is 0 Å². The second kappa shape index (κ2) is 8.15. The summed E-state index contributed by atoms with van der Waals surface area (Å²) in [7, 11) is 0. The van der Waals surface area contributed by atoms with Gasteiger partial charge in [-0.15, -0.1) is 0 Å². The highest BCUT2D eigenvalue weighted by atomic mass is 19.4. The molecule has 1 saturated heterocycles. The lowest BCUT2D eigenvalue weighted by atomic mass is 10.1. The zero-order valence-corrected chi connectivity index (χ0v) is 19.3. The highest BCUT2D eigenvalue weighted by molar-refractivity contribution is 5.84. The molecule has 6 nitrogen and oxygen atoms in total. The Hall–Kier alpha value is -2.45. The molecule has 3 rings (SSSR count). The van der Waals surface area contributed by atoms with Gasteiger partial charge in [0.15, 0.2) is 0 Å². The zero-order chi connectivity index (χ0) is 24.1. The Morgan fingerprint density at radius 3 is 2.19 bits per heavy atom. The molecule has 1 saturated carbocycles. The quantitative estimate of drug-likeness (QED) is 0.713. The Balaban J connectivity index is 1.49. The molecule has 2 aliphatic rings. The van der Waals surface area contributed by atoms with Crippen LogP contribution in [-0.2, 0) is 15.7 Å². The third-order valence-corrected chi connectivity index (χ3v) is 5.70. The fourth-order valence-electron chi connectivity index (χ4n) is 4.09. The van der Waals surface area contributed by atoms with E-state index in [0.29, 0.717) is 24.4 Å². The van der Waals surface area contributed by atoms with Gasteiger partial charge in [-0.3, -0.25) is 4.79 Å². The van der Waals surface area contributed by atoms with Gasteiger partial charge in [0.25, 0.3) is 0 Å². The van der Waals surface area contributed by atoms with Crippen molar-refractivity contribution in [2.45, 2.75) is 58.9 Å². The number of rotatable bonds is 5. The van der Waals surface area contributed by atoms with Crippen LogP contribution < -0.4 is 10.1 Å². The van der Waals surface area contributed by atoms with Crippen LogP contribution in [0.3, 0.4) is 0 Å². The summed E-state index contributed by atoms with van der Waals surface area (Å²) in [6.45, 7) is 11.7. The summed E-state index contributed by atoms with van der Waals surface area (Å²) in [5.74, 6) is 0.340. The van der Waals surface area contributed by atoms with Crippen LogP contribution in [0.15, 0.2) is 18.2 Å². The summed E-state index contributed by atoms with van der Waals surface area (Å²) >= 11 is 0. The number of hydrogen-bond donors (Lipinski definition) is 1. The van der Waals surface area contributed by atoms with Crippen molar-refractivity contribution >= 4 is 12.0 Å². The molecule has 1 aromatic carbocycles. The lowest BCUT2D eigenvalue weighted by Gasteiger charge is -2.28. The Morgan fingerprint density at radius 1 is 1.09 bits per heavy atom. The number of nitrogens with zero attached hydrogens (tertiary/aromatic N) is 1. The fraction of sp³-hybridized carbons (Fsp3) is 0.652. The first kappa shape index (κ1) is 24.2. The largest absolute Gasteiger partial charge is 0.491 e. The van der Waals surface area contributed by atoms with Crippen LogP contribution in [0.5, 0.6) is 5.75 Å². The Labute approximate surface area is 186 Å². The number of hydrogen-bond acceptors (Lipinski definition) is 4. The maximum Gasteiger partial charge on any atom is 0.416 e. The van der Waals surface area contributed by atoms with E-state index in [1.165, 1.54) is 6.07 Å². The molecule has 1 heterocycles. The smallest absolute Gasteiger partial charge is 0.416 e. The Bertz CT molecular complexity index is 880. The molecule has 2 fully saturated rings. The van der Waals surface area contributed by atoms with Gasteiger partial charge in [0.2, 0.25) is 5.91 Å². The van der Waals surface area contributed by atoms with Gasteiger partial charge < -0.3 is 19.7 Å². The van der Waals surface area contributed by atoms with Crippen LogP contribution in [0, 0.1) is 24.7 Å². The van der Waals surface area contributed by atoms with Crippen molar-refractivity contribution in [3.8, 4) is 5.75 Å². The van der Waals surface area contributed by atoms with E-state index < -0.39 is 22.9 Å². The van der Waals surface area contributed by atoms with E-state index in [2.05, 4.69) is 5.32 Å². The minimum absolute atomic E-state index is 0.0958. The molecule has 1 aliphatic heterocycles. The predicted octanol–water partition coefficient (Wildman–Crippen LogP) is 4.40. The topological polar surface area (TPSA) is 67.9 Å². The van der Waals surface area contributed by atoms with E-state index in [1.807, 2.05) is 20.8 Å². The molecule has 1 aromatic rings. The van der Waals surface area contributed by atoms with Crippen molar-refractivity contribution in [1.82, 2.24) is 10.2 Å². The number of aryl methyl sites for hydroxylation is 1. The van der Waals surface area contributed by atoms with Crippen molar-refractivity contribution in [2.24, 2.45) is 17.8 Å². The molecule has 1 N–H and O–H groups in total. The molecular formula is C23H31F3N2O4. The summed E-state index contributed by atoms with van der Waals surface area (Å²) in [5.41, 5.74) is -1.62. The lowest BCUT2D eigenvalue weighted by molar-refractivity contribution is -0.137. The summed E-state index contributed by atoms with van der Waals surface area (Å²) in [6, 6.07) is 3.32. The summed E-state index contributed by atoms with van der Waals surface area (Å²) in [4.78, 5) is 26.6. The number of amides is 2. The van der Waals surface area contributed by atoms with Gasteiger partial charge in [-0.25, -0.2) is 4.79 Å². The van der Waals surface area contributed by atoms with Crippen LogP contribution in [0.4, 0.5) is 18.0 Å². The van der Waals surface area contributed by atoms with E-state index in [1.54, 1.807) is 25.7 Å². The van der Waals surface area contributed by atoms with Gasteiger partial charge >= 0.3 is 12.3 Å². The maximum absolute atomic E-state index is 12.8. The Morgan fingerprint density at radius 2 is 1.69 bits per heavy atom. The SMILES string of the molecule is Cc1cc(C(F)(F)F)ccc1OCC(C)(C)NC(=O)C1C2CN(C(=O)OC(C)(C)C)C[C@H]21. The second-order valence-corrected chi connectivity index (χ2v) is 10.4. The van der Waals surface area contributed by atoms with Gasteiger partial charge in [-0.2, -0.15) is 13.2 Å². The number of nitrogens with one attached hydrogen (secondary N) is 1. The molecule has 3 atom stereocenters. The van der Waals surface area contributed by atoms with E-state index in [4.69, 9.17) is 9.47 Å². The number of carbonyl (C=O) groups excluding carboxylic acids is 2. The van der Waals surface area contributed by atoms with E-state index >= 15 is 0 Å². The van der Waals surface area contributed by atoms with Gasteiger partial charge in [-0.05, 0) is 77.1 Å². The summed E-state index contributed by atoms with van der Waals surface area (Å²) in [5, 5.41) is 2.98. The molecular weight excluding hydrogens is 425 g/mol. The van der Waals surface area contributed by atoms with Gasteiger partial charge in [0.05, 0.1) is 11.1 Å². The minimum atomic E-state index is -4.40. The number of alkyl halides is 3. The number of carbonyl (C=O) groups is 2. The molecule has 32 heavy (non-hydrogen) atoms. The van der Waals surface area contributed by atoms with Crippen molar-refractivity contribution in [3.05, 3.63) is 29.3 Å². The monoisotopic (exact) mass is 456 g/mol. The molecule has 1 aliphatic carbocycles. The second-order valence-electron chi connectivity index (χ2n) is 10.4. The van der Waals surface area contributed by atoms with Crippen LogP contribution in [0.2, 0.25) is 0 Å². The number of fused-ring (bicyclic) bond motifs is 1. The number of halogens is 3. The van der Waals surface area contributed by atoms with E-state index in [-0.39, 0.29) is 36.4 Å². The van der Waals surface area contributed by atoms with Crippen molar-refractivity contribution < 1.29 is 32.2 Å². The molecule has 0 spiro atoms. The summed E-state index contributed by atoms with van der Waals surface area (Å²) in [6.07, 6.45) is -4.76. The minimum Gasteiger partial charge on any atom is -0.491 e. The molecule has 0 bridgehead atoms. The molecule has 2 unspecified atom stereocenters. The van der Waals surface area contributed by atoms with Crippen LogP contribution in [0.1, 0.15) is 45.7 Å². The molecule has 0 aromatic heterocycles. The van der Waals surface area contributed by atoms with E-state index in [9.17, 15) is 22.8 Å². The first-order chi connectivity index (χ1) is 14.6. The van der Waals surface area contributed by atoms with Gasteiger partial charge in [-0.1, -0.05) is 0 Å². The zero-order valence-electron chi connectivity index (χ0n) is 19.3. The third kappa shape index (κ3) is 5.66. The van der Waals surface area contributed by atoms with Crippen molar-refractivity contribution in [1.29, 1.82) is 0 Å². The average Bonchev–Trinajstić information content (AvgIpc) is 3.12. The van der Waals surface area contributed by atoms with Crippen molar-refractivity contribution in [3.63, 3.8) is 0 Å². The number of ether oxygens (including phenoxy) is 2. The summed E-state index contributed by atoms with van der Waals surface area (Å²) < 4.78 is 49.6. The molecule has 9 heteroatoms. The molecule has 2 amide bonds. The highest BCUT2D eigenvalue weighted by Crippen LogP contribution is 2.52. The van der Waals surface area contributed by atoms with Crippen LogP contribution >= 0.6 is 0 Å². The fourth-order valence-corrected chi connectivity index (χ4v) is 4.09. The molecule has 178 valence electrons. The first-order valence-electron chi connectivity index (χ1n) is 10.7. The number of likely N-dealkylation sites (tertiary alicyclic amines) is 1. The van der Waals surface area contributed by atoms with Crippen LogP contribution in [-0.4, -0.2) is 47.7 Å².